The fraction of sp³-hybridized carbons (Fsp3) is 0.636. The van der Waals surface area contributed by atoms with Crippen LogP contribution in [0.5, 0.6) is 0 Å². The standard InChI is InChI=1S/C11H20N2S/c1-4-10(13(2)3)8-12-9-11-6-5-7-14-11/h5-7,10,12H,4,8-9H2,1-3H3. The highest BCUT2D eigenvalue weighted by molar-refractivity contribution is 7.09. The van der Waals surface area contributed by atoms with Gasteiger partial charge in [-0.15, -0.1) is 11.3 Å². The zero-order valence-corrected chi connectivity index (χ0v) is 10.1. The van der Waals surface area contributed by atoms with Crippen LogP contribution in [0.3, 0.4) is 0 Å². The third kappa shape index (κ3) is 3.78. The zero-order chi connectivity index (χ0) is 10.4. The lowest BCUT2D eigenvalue weighted by Crippen LogP contribution is -2.36. The van der Waals surface area contributed by atoms with Gasteiger partial charge in [-0.25, -0.2) is 0 Å². The molecule has 80 valence electrons. The Morgan fingerprint density at radius 3 is 2.79 bits per heavy atom. The number of hydrogen-bond donors (Lipinski definition) is 1. The highest BCUT2D eigenvalue weighted by Gasteiger charge is 2.07. The van der Waals surface area contributed by atoms with E-state index in [1.807, 2.05) is 11.3 Å². The second-order valence-corrected chi connectivity index (χ2v) is 4.77. The number of nitrogens with zero attached hydrogens (tertiary/aromatic N) is 1. The lowest BCUT2D eigenvalue weighted by atomic mass is 10.2. The second kappa shape index (κ2) is 6.17. The molecule has 0 spiro atoms. The van der Waals surface area contributed by atoms with Crippen LogP contribution in [0.25, 0.3) is 0 Å². The fourth-order valence-electron chi connectivity index (χ4n) is 1.47. The average molecular weight is 212 g/mol. The molecule has 0 fully saturated rings. The molecule has 2 nitrogen and oxygen atoms in total. The van der Waals surface area contributed by atoms with Crippen molar-refractivity contribution < 1.29 is 0 Å². The molecule has 1 rings (SSSR count). The minimum Gasteiger partial charge on any atom is -0.310 e. The molecule has 1 N–H and O–H groups in total. The van der Waals surface area contributed by atoms with Gasteiger partial charge in [0.25, 0.3) is 0 Å². The molecular formula is C11H20N2S. The summed E-state index contributed by atoms with van der Waals surface area (Å²) in [5.41, 5.74) is 0. The van der Waals surface area contributed by atoms with E-state index in [4.69, 9.17) is 0 Å². The van der Waals surface area contributed by atoms with E-state index in [1.165, 1.54) is 11.3 Å². The van der Waals surface area contributed by atoms with Crippen molar-refractivity contribution in [2.75, 3.05) is 20.6 Å². The van der Waals surface area contributed by atoms with E-state index >= 15 is 0 Å². The van der Waals surface area contributed by atoms with Crippen LogP contribution in [0.2, 0.25) is 0 Å². The van der Waals surface area contributed by atoms with Crippen LogP contribution in [-0.2, 0) is 6.54 Å². The third-order valence-corrected chi connectivity index (χ3v) is 3.34. The Balaban J connectivity index is 2.20. The summed E-state index contributed by atoms with van der Waals surface area (Å²) in [6.45, 7) is 4.31. The summed E-state index contributed by atoms with van der Waals surface area (Å²) in [4.78, 5) is 3.69. The van der Waals surface area contributed by atoms with E-state index in [-0.39, 0.29) is 0 Å². The van der Waals surface area contributed by atoms with Crippen LogP contribution in [0, 0.1) is 0 Å². The van der Waals surface area contributed by atoms with Gasteiger partial charge < -0.3 is 10.2 Å². The van der Waals surface area contributed by atoms with Crippen LogP contribution in [0.4, 0.5) is 0 Å². The molecule has 0 aliphatic carbocycles. The predicted molar refractivity (Wildman–Crippen MR) is 63.8 cm³/mol. The monoisotopic (exact) mass is 212 g/mol. The summed E-state index contributed by atoms with van der Waals surface area (Å²) in [5.74, 6) is 0. The van der Waals surface area contributed by atoms with Crippen LogP contribution in [-0.4, -0.2) is 31.6 Å². The number of rotatable bonds is 6. The van der Waals surface area contributed by atoms with Crippen molar-refractivity contribution in [2.45, 2.75) is 25.9 Å². The average Bonchev–Trinajstić information content (AvgIpc) is 2.64. The van der Waals surface area contributed by atoms with Gasteiger partial charge in [-0.1, -0.05) is 13.0 Å². The molecule has 1 aromatic rings. The van der Waals surface area contributed by atoms with Crippen molar-refractivity contribution in [1.82, 2.24) is 10.2 Å². The molecule has 1 heterocycles. The maximum Gasteiger partial charge on any atom is 0.0300 e. The van der Waals surface area contributed by atoms with Crippen molar-refractivity contribution in [3.05, 3.63) is 22.4 Å². The largest absolute Gasteiger partial charge is 0.310 e. The van der Waals surface area contributed by atoms with Crippen molar-refractivity contribution in [1.29, 1.82) is 0 Å². The molecule has 0 aromatic carbocycles. The van der Waals surface area contributed by atoms with Crippen molar-refractivity contribution >= 4 is 11.3 Å². The van der Waals surface area contributed by atoms with Crippen LogP contribution in [0.1, 0.15) is 18.2 Å². The third-order valence-electron chi connectivity index (χ3n) is 2.46. The lowest BCUT2D eigenvalue weighted by Gasteiger charge is -2.22. The van der Waals surface area contributed by atoms with E-state index in [0.29, 0.717) is 6.04 Å². The van der Waals surface area contributed by atoms with Gasteiger partial charge in [-0.2, -0.15) is 0 Å². The first kappa shape index (κ1) is 11.7. The second-order valence-electron chi connectivity index (χ2n) is 3.74. The molecule has 0 aliphatic rings. The van der Waals surface area contributed by atoms with E-state index in [0.717, 1.165) is 13.1 Å². The molecule has 0 amide bonds. The number of likely N-dealkylation sites (N-methyl/N-ethyl adjacent to an activating group) is 1. The van der Waals surface area contributed by atoms with E-state index in [1.54, 1.807) is 0 Å². The van der Waals surface area contributed by atoms with Gasteiger partial charge in [-0.05, 0) is 32.0 Å². The first-order chi connectivity index (χ1) is 6.74. The topological polar surface area (TPSA) is 15.3 Å². The maximum atomic E-state index is 3.49. The molecule has 0 saturated heterocycles. The van der Waals surface area contributed by atoms with Gasteiger partial charge in [0.05, 0.1) is 0 Å². The molecule has 1 atom stereocenters. The van der Waals surface area contributed by atoms with Gasteiger partial charge in [-0.3, -0.25) is 0 Å². The molecular weight excluding hydrogens is 192 g/mol. The number of thiophene rings is 1. The summed E-state index contributed by atoms with van der Waals surface area (Å²) < 4.78 is 0. The first-order valence-electron chi connectivity index (χ1n) is 5.13. The maximum absolute atomic E-state index is 3.49. The molecule has 0 bridgehead atoms. The van der Waals surface area contributed by atoms with Gasteiger partial charge in [0.1, 0.15) is 0 Å². The lowest BCUT2D eigenvalue weighted by molar-refractivity contribution is 0.276. The highest BCUT2D eigenvalue weighted by Crippen LogP contribution is 2.07. The summed E-state index contributed by atoms with van der Waals surface area (Å²) in [7, 11) is 4.28. The highest BCUT2D eigenvalue weighted by atomic mass is 32.1. The first-order valence-corrected chi connectivity index (χ1v) is 6.01. The summed E-state index contributed by atoms with van der Waals surface area (Å²) in [6.07, 6.45) is 1.20. The van der Waals surface area contributed by atoms with Crippen LogP contribution < -0.4 is 5.32 Å². The van der Waals surface area contributed by atoms with Gasteiger partial charge in [0.15, 0.2) is 0 Å². The Hall–Kier alpha value is -0.380. The molecule has 14 heavy (non-hydrogen) atoms. The van der Waals surface area contributed by atoms with E-state index in [2.05, 4.69) is 48.7 Å². The molecule has 1 unspecified atom stereocenters. The molecule has 0 saturated carbocycles. The van der Waals surface area contributed by atoms with Gasteiger partial charge in [0, 0.05) is 24.0 Å². The van der Waals surface area contributed by atoms with Gasteiger partial charge in [0.2, 0.25) is 0 Å². The number of hydrogen-bond acceptors (Lipinski definition) is 3. The van der Waals surface area contributed by atoms with Crippen molar-refractivity contribution in [3.8, 4) is 0 Å². The Kier molecular flexibility index (Phi) is 5.15. The molecule has 0 aliphatic heterocycles. The SMILES string of the molecule is CCC(CNCc1cccs1)N(C)C. The molecule has 0 radical (unpaired) electrons. The minimum atomic E-state index is 0.648. The smallest absolute Gasteiger partial charge is 0.0300 e. The normalized spacial score (nSPS) is 13.4. The molecule has 3 heteroatoms. The predicted octanol–water partition coefficient (Wildman–Crippen LogP) is 2.18. The summed E-state index contributed by atoms with van der Waals surface area (Å²) >= 11 is 1.81. The minimum absolute atomic E-state index is 0.648. The Bertz CT molecular complexity index is 231. The Morgan fingerprint density at radius 1 is 1.50 bits per heavy atom. The van der Waals surface area contributed by atoms with Crippen LogP contribution >= 0.6 is 11.3 Å². The molecule has 1 aromatic heterocycles. The zero-order valence-electron chi connectivity index (χ0n) is 9.29. The van der Waals surface area contributed by atoms with Gasteiger partial charge >= 0.3 is 0 Å². The summed E-state index contributed by atoms with van der Waals surface area (Å²) in [6, 6.07) is 4.93. The number of nitrogens with one attached hydrogen (secondary N) is 1. The van der Waals surface area contributed by atoms with E-state index in [9.17, 15) is 0 Å². The van der Waals surface area contributed by atoms with Crippen molar-refractivity contribution in [2.24, 2.45) is 0 Å². The fourth-order valence-corrected chi connectivity index (χ4v) is 2.14. The van der Waals surface area contributed by atoms with Crippen molar-refractivity contribution in [3.63, 3.8) is 0 Å². The van der Waals surface area contributed by atoms with E-state index < -0.39 is 0 Å². The Morgan fingerprint density at radius 2 is 2.29 bits per heavy atom. The van der Waals surface area contributed by atoms with Crippen LogP contribution in [0.15, 0.2) is 17.5 Å². The summed E-state index contributed by atoms with van der Waals surface area (Å²) in [5, 5.41) is 5.61. The Labute approximate surface area is 90.9 Å². The quantitative estimate of drug-likeness (QED) is 0.777.